The van der Waals surface area contributed by atoms with Crippen LogP contribution >= 0.6 is 12.2 Å². The van der Waals surface area contributed by atoms with Crippen molar-refractivity contribution in [3.05, 3.63) is 35.1 Å². The summed E-state index contributed by atoms with van der Waals surface area (Å²) < 4.78 is 50.8. The van der Waals surface area contributed by atoms with Crippen molar-refractivity contribution < 1.29 is 22.4 Å². The molecule has 20 heavy (non-hydrogen) atoms. The molecule has 0 aliphatic heterocycles. The number of thiocarbonyl (C=S) groups is 1. The van der Waals surface area contributed by atoms with Gasteiger partial charge in [0.1, 0.15) is 5.82 Å². The molecule has 1 amide bonds. The van der Waals surface area contributed by atoms with Crippen LogP contribution in [0.1, 0.15) is 28.8 Å². The van der Waals surface area contributed by atoms with Gasteiger partial charge in [0.15, 0.2) is 0 Å². The minimum Gasteiger partial charge on any atom is -0.393 e. The van der Waals surface area contributed by atoms with Crippen LogP contribution in [0, 0.1) is 5.82 Å². The Kier molecular flexibility index (Phi) is 5.43. The minimum absolute atomic E-state index is 0.145. The maximum Gasteiger partial charge on any atom is 0.416 e. The molecular formula is C12H12F4N2OS. The quantitative estimate of drug-likeness (QED) is 0.499. The van der Waals surface area contributed by atoms with Crippen molar-refractivity contribution in [3.8, 4) is 0 Å². The maximum absolute atomic E-state index is 13.4. The molecule has 0 heterocycles. The van der Waals surface area contributed by atoms with Crippen LogP contribution in [-0.2, 0) is 6.18 Å². The number of carbonyl (C=O) groups excluding carboxylic acids is 1. The number of nitrogens with two attached hydrogens (primary N) is 1. The van der Waals surface area contributed by atoms with Gasteiger partial charge in [-0.05, 0) is 31.0 Å². The first kappa shape index (κ1) is 16.4. The maximum atomic E-state index is 13.4. The van der Waals surface area contributed by atoms with E-state index in [2.05, 4.69) is 17.5 Å². The van der Waals surface area contributed by atoms with E-state index < -0.39 is 29.0 Å². The highest BCUT2D eigenvalue weighted by Crippen LogP contribution is 2.30. The first-order chi connectivity index (χ1) is 9.21. The molecule has 0 aliphatic rings. The molecule has 0 unspecified atom stereocenters. The molecule has 0 bridgehead atoms. The van der Waals surface area contributed by atoms with Crippen LogP contribution in [0.25, 0.3) is 0 Å². The van der Waals surface area contributed by atoms with Gasteiger partial charge < -0.3 is 11.1 Å². The van der Waals surface area contributed by atoms with Gasteiger partial charge in [0, 0.05) is 6.54 Å². The first-order valence-electron chi connectivity index (χ1n) is 5.65. The fourth-order valence-corrected chi connectivity index (χ4v) is 1.58. The third-order valence-electron chi connectivity index (χ3n) is 2.42. The van der Waals surface area contributed by atoms with Crippen molar-refractivity contribution in [1.82, 2.24) is 5.32 Å². The standard InChI is InChI=1S/C12H12F4N2OS/c13-9-4-3-7(12(14,15)16)6-8(9)11(19)18-5-1-2-10(17)20/h3-4,6H,1-2,5H2,(H2,17,20)(H,18,19). The van der Waals surface area contributed by atoms with Gasteiger partial charge in [0.2, 0.25) is 0 Å². The predicted octanol–water partition coefficient (Wildman–Crippen LogP) is 2.64. The molecule has 0 aromatic heterocycles. The van der Waals surface area contributed by atoms with E-state index in [1.807, 2.05) is 0 Å². The molecule has 3 N–H and O–H groups in total. The lowest BCUT2D eigenvalue weighted by Gasteiger charge is -2.10. The Bertz CT molecular complexity index is 517. The number of hydrogen-bond acceptors (Lipinski definition) is 2. The van der Waals surface area contributed by atoms with Crippen molar-refractivity contribution in [1.29, 1.82) is 0 Å². The van der Waals surface area contributed by atoms with Crippen molar-refractivity contribution in [2.75, 3.05) is 6.54 Å². The van der Waals surface area contributed by atoms with E-state index in [4.69, 9.17) is 5.73 Å². The topological polar surface area (TPSA) is 55.1 Å². The number of benzene rings is 1. The number of halogens is 4. The molecule has 110 valence electrons. The number of amides is 1. The smallest absolute Gasteiger partial charge is 0.393 e. The van der Waals surface area contributed by atoms with Gasteiger partial charge in [-0.25, -0.2) is 4.39 Å². The summed E-state index contributed by atoms with van der Waals surface area (Å²) in [5.74, 6) is -1.92. The SMILES string of the molecule is NC(=S)CCCNC(=O)c1cc(C(F)(F)F)ccc1F. The number of carbonyl (C=O) groups is 1. The van der Waals surface area contributed by atoms with E-state index in [0.717, 1.165) is 0 Å². The number of hydrogen-bond donors (Lipinski definition) is 2. The molecule has 0 atom stereocenters. The lowest BCUT2D eigenvalue weighted by Crippen LogP contribution is -2.26. The van der Waals surface area contributed by atoms with Gasteiger partial charge in [0.25, 0.3) is 5.91 Å². The summed E-state index contributed by atoms with van der Waals surface area (Å²) in [6, 6.07) is 1.68. The molecule has 8 heteroatoms. The predicted molar refractivity (Wildman–Crippen MR) is 69.8 cm³/mol. The lowest BCUT2D eigenvalue weighted by atomic mass is 10.1. The van der Waals surface area contributed by atoms with Gasteiger partial charge in [-0.1, -0.05) is 12.2 Å². The molecular weight excluding hydrogens is 296 g/mol. The van der Waals surface area contributed by atoms with Crippen molar-refractivity contribution in [2.24, 2.45) is 5.73 Å². The Morgan fingerprint density at radius 3 is 2.55 bits per heavy atom. The second-order valence-electron chi connectivity index (χ2n) is 4.02. The molecule has 3 nitrogen and oxygen atoms in total. The monoisotopic (exact) mass is 308 g/mol. The van der Waals surface area contributed by atoms with Crippen molar-refractivity contribution in [3.63, 3.8) is 0 Å². The average molecular weight is 308 g/mol. The fraction of sp³-hybridized carbons (Fsp3) is 0.333. The van der Waals surface area contributed by atoms with E-state index in [9.17, 15) is 22.4 Å². The summed E-state index contributed by atoms with van der Waals surface area (Å²) in [5, 5.41) is 2.31. The van der Waals surface area contributed by atoms with Crippen LogP contribution in [0.3, 0.4) is 0 Å². The Hall–Kier alpha value is -1.70. The van der Waals surface area contributed by atoms with E-state index in [1.54, 1.807) is 0 Å². The molecule has 1 rings (SSSR count). The third-order valence-corrected chi connectivity index (χ3v) is 2.63. The summed E-state index contributed by atoms with van der Waals surface area (Å²) >= 11 is 4.63. The van der Waals surface area contributed by atoms with E-state index in [0.29, 0.717) is 31.0 Å². The van der Waals surface area contributed by atoms with E-state index >= 15 is 0 Å². The average Bonchev–Trinajstić information content (AvgIpc) is 2.33. The molecule has 0 saturated heterocycles. The second-order valence-corrected chi connectivity index (χ2v) is 4.54. The van der Waals surface area contributed by atoms with Gasteiger partial charge in [-0.3, -0.25) is 4.79 Å². The van der Waals surface area contributed by atoms with Crippen molar-refractivity contribution in [2.45, 2.75) is 19.0 Å². The molecule has 0 aliphatic carbocycles. The van der Waals surface area contributed by atoms with Crippen molar-refractivity contribution >= 4 is 23.1 Å². The van der Waals surface area contributed by atoms with Gasteiger partial charge in [-0.15, -0.1) is 0 Å². The Balaban J connectivity index is 2.74. The van der Waals surface area contributed by atoms with Crippen LogP contribution in [-0.4, -0.2) is 17.4 Å². The summed E-state index contributed by atoms with van der Waals surface area (Å²) in [7, 11) is 0. The lowest BCUT2D eigenvalue weighted by molar-refractivity contribution is -0.137. The zero-order valence-corrected chi connectivity index (χ0v) is 11.1. The minimum atomic E-state index is -4.63. The first-order valence-corrected chi connectivity index (χ1v) is 6.06. The summed E-state index contributed by atoms with van der Waals surface area (Å²) in [5.41, 5.74) is 3.53. The summed E-state index contributed by atoms with van der Waals surface area (Å²) in [4.78, 5) is 11.9. The van der Waals surface area contributed by atoms with Crippen LogP contribution in [0.2, 0.25) is 0 Å². The van der Waals surface area contributed by atoms with E-state index in [1.165, 1.54) is 0 Å². The normalized spacial score (nSPS) is 11.2. The molecule has 0 saturated carbocycles. The highest BCUT2D eigenvalue weighted by molar-refractivity contribution is 7.80. The van der Waals surface area contributed by atoms with E-state index in [-0.39, 0.29) is 11.5 Å². The van der Waals surface area contributed by atoms with Gasteiger partial charge in [-0.2, -0.15) is 13.2 Å². The molecule has 1 aromatic carbocycles. The Labute approximate surface area is 118 Å². The highest BCUT2D eigenvalue weighted by Gasteiger charge is 2.31. The molecule has 1 aromatic rings. The zero-order valence-electron chi connectivity index (χ0n) is 10.3. The highest BCUT2D eigenvalue weighted by atomic mass is 32.1. The summed E-state index contributed by atoms with van der Waals surface area (Å²) in [6.45, 7) is 0.145. The number of alkyl halides is 3. The van der Waals surface area contributed by atoms with Crippen LogP contribution in [0.4, 0.5) is 17.6 Å². The Morgan fingerprint density at radius 1 is 1.35 bits per heavy atom. The van der Waals surface area contributed by atoms with Gasteiger partial charge in [0.05, 0.1) is 16.1 Å². The zero-order chi connectivity index (χ0) is 15.3. The van der Waals surface area contributed by atoms with Crippen LogP contribution in [0.5, 0.6) is 0 Å². The summed E-state index contributed by atoms with van der Waals surface area (Å²) in [6.07, 6.45) is -3.81. The number of nitrogens with one attached hydrogen (secondary N) is 1. The molecule has 0 fully saturated rings. The number of rotatable bonds is 5. The third kappa shape index (κ3) is 4.76. The molecule has 0 spiro atoms. The largest absolute Gasteiger partial charge is 0.416 e. The second kappa shape index (κ2) is 6.65. The Morgan fingerprint density at radius 2 is 2.00 bits per heavy atom. The molecule has 0 radical (unpaired) electrons. The van der Waals surface area contributed by atoms with Crippen LogP contribution in [0.15, 0.2) is 18.2 Å². The van der Waals surface area contributed by atoms with Crippen LogP contribution < -0.4 is 11.1 Å². The fourth-order valence-electron chi connectivity index (χ4n) is 1.44. The van der Waals surface area contributed by atoms with Gasteiger partial charge >= 0.3 is 6.18 Å².